The molecule has 0 unspecified atom stereocenters. The zero-order valence-electron chi connectivity index (χ0n) is 14.1. The van der Waals surface area contributed by atoms with Crippen LogP contribution in [-0.2, 0) is 7.05 Å². The number of H-pyrrole nitrogens is 1. The first kappa shape index (κ1) is 15.2. The molecular formula is C16H17N9. The van der Waals surface area contributed by atoms with Crippen LogP contribution in [0.5, 0.6) is 0 Å². The Labute approximate surface area is 143 Å². The number of anilines is 1. The van der Waals surface area contributed by atoms with Gasteiger partial charge in [0.15, 0.2) is 17.3 Å². The molecule has 0 aliphatic carbocycles. The second-order valence-corrected chi connectivity index (χ2v) is 5.76. The van der Waals surface area contributed by atoms with Gasteiger partial charge in [-0.15, -0.1) is 0 Å². The molecule has 126 valence electrons. The first-order valence-electron chi connectivity index (χ1n) is 7.88. The summed E-state index contributed by atoms with van der Waals surface area (Å²) in [5.41, 5.74) is 1.44. The number of hydrogen-bond donors (Lipinski definition) is 2. The van der Waals surface area contributed by atoms with Gasteiger partial charge in [-0.05, 0) is 26.0 Å². The van der Waals surface area contributed by atoms with E-state index in [9.17, 15) is 0 Å². The lowest BCUT2D eigenvalue weighted by molar-refractivity contribution is 0.783. The van der Waals surface area contributed by atoms with Gasteiger partial charge in [0.2, 0.25) is 0 Å². The molecule has 0 aliphatic heterocycles. The quantitative estimate of drug-likeness (QED) is 0.587. The number of nitrogens with zero attached hydrogens (tertiary/aromatic N) is 7. The van der Waals surface area contributed by atoms with Crippen LogP contribution >= 0.6 is 0 Å². The summed E-state index contributed by atoms with van der Waals surface area (Å²) in [6.07, 6.45) is 3.47. The van der Waals surface area contributed by atoms with Crippen molar-refractivity contribution in [1.29, 1.82) is 0 Å². The molecule has 4 aromatic rings. The normalized spacial score (nSPS) is 12.4. The fraction of sp³-hybridized carbons (Fsp3) is 0.250. The van der Waals surface area contributed by atoms with Gasteiger partial charge in [-0.25, -0.2) is 15.0 Å². The van der Waals surface area contributed by atoms with Crippen molar-refractivity contribution in [2.24, 2.45) is 7.05 Å². The van der Waals surface area contributed by atoms with Gasteiger partial charge in [0.05, 0.1) is 17.6 Å². The fourth-order valence-corrected chi connectivity index (χ4v) is 2.57. The summed E-state index contributed by atoms with van der Waals surface area (Å²) in [4.78, 5) is 18.0. The summed E-state index contributed by atoms with van der Waals surface area (Å²) >= 11 is 0. The molecule has 0 fully saturated rings. The van der Waals surface area contributed by atoms with E-state index in [1.165, 1.54) is 0 Å². The van der Waals surface area contributed by atoms with Crippen LogP contribution in [0.1, 0.15) is 24.6 Å². The van der Waals surface area contributed by atoms with Crippen LogP contribution in [0, 0.1) is 6.92 Å². The molecule has 0 saturated carbocycles. The van der Waals surface area contributed by atoms with E-state index in [0.717, 1.165) is 16.9 Å². The summed E-state index contributed by atoms with van der Waals surface area (Å²) in [5, 5.41) is 15.5. The highest BCUT2D eigenvalue weighted by Gasteiger charge is 2.17. The van der Waals surface area contributed by atoms with Crippen molar-refractivity contribution in [2.75, 3.05) is 5.32 Å². The molecule has 0 radical (unpaired) electrons. The van der Waals surface area contributed by atoms with E-state index in [1.54, 1.807) is 17.1 Å². The van der Waals surface area contributed by atoms with Gasteiger partial charge in [-0.3, -0.25) is 14.8 Å². The van der Waals surface area contributed by atoms with Gasteiger partial charge in [-0.2, -0.15) is 10.2 Å². The third kappa shape index (κ3) is 2.80. The summed E-state index contributed by atoms with van der Waals surface area (Å²) < 4.78 is 1.72. The number of hydrogen-bond acceptors (Lipinski definition) is 7. The SMILES string of the molecule is Cc1nc([C@H](C)Nc2nc(-c3ccccn3)nc3c2cnn3C)n[nH]1. The Balaban J connectivity index is 1.79. The van der Waals surface area contributed by atoms with Gasteiger partial charge >= 0.3 is 0 Å². The standard InChI is InChI=1S/C16H17N9/c1-9(13-20-10(2)23-24-13)19-14-11-8-18-25(3)16(11)22-15(21-14)12-6-4-5-7-17-12/h4-9H,1-3H3,(H,19,21,22)(H,20,23,24)/t9-/m0/s1. The molecule has 0 spiro atoms. The predicted molar refractivity (Wildman–Crippen MR) is 92.7 cm³/mol. The number of nitrogens with one attached hydrogen (secondary N) is 2. The van der Waals surface area contributed by atoms with Crippen LogP contribution in [-0.4, -0.2) is 39.9 Å². The third-order valence-corrected chi connectivity index (χ3v) is 3.84. The van der Waals surface area contributed by atoms with Crippen LogP contribution in [0.3, 0.4) is 0 Å². The molecule has 0 aliphatic rings. The summed E-state index contributed by atoms with van der Waals surface area (Å²) in [5.74, 6) is 2.66. The van der Waals surface area contributed by atoms with Crippen LogP contribution < -0.4 is 5.32 Å². The highest BCUT2D eigenvalue weighted by molar-refractivity contribution is 5.88. The summed E-state index contributed by atoms with van der Waals surface area (Å²) in [6, 6.07) is 5.52. The Hall–Kier alpha value is -3.36. The van der Waals surface area contributed by atoms with Crippen molar-refractivity contribution in [3.8, 4) is 11.5 Å². The second-order valence-electron chi connectivity index (χ2n) is 5.76. The molecule has 4 heterocycles. The largest absolute Gasteiger partial charge is 0.360 e. The minimum Gasteiger partial charge on any atom is -0.360 e. The Morgan fingerprint density at radius 3 is 2.80 bits per heavy atom. The van der Waals surface area contributed by atoms with Crippen molar-refractivity contribution in [2.45, 2.75) is 19.9 Å². The highest BCUT2D eigenvalue weighted by atomic mass is 15.3. The van der Waals surface area contributed by atoms with Crippen molar-refractivity contribution in [3.05, 3.63) is 42.2 Å². The van der Waals surface area contributed by atoms with Crippen molar-refractivity contribution >= 4 is 16.9 Å². The average Bonchev–Trinajstić information content (AvgIpc) is 3.22. The first-order chi connectivity index (χ1) is 12.1. The van der Waals surface area contributed by atoms with Gasteiger partial charge in [0.1, 0.15) is 17.3 Å². The van der Waals surface area contributed by atoms with E-state index < -0.39 is 0 Å². The van der Waals surface area contributed by atoms with E-state index in [-0.39, 0.29) is 6.04 Å². The van der Waals surface area contributed by atoms with Gasteiger partial charge < -0.3 is 5.32 Å². The minimum atomic E-state index is -0.125. The van der Waals surface area contributed by atoms with Crippen molar-refractivity contribution < 1.29 is 0 Å². The van der Waals surface area contributed by atoms with E-state index in [2.05, 4.69) is 40.5 Å². The molecule has 0 saturated heterocycles. The number of aromatic nitrogens is 8. The Morgan fingerprint density at radius 2 is 2.08 bits per heavy atom. The average molecular weight is 335 g/mol. The molecule has 1 atom stereocenters. The molecule has 0 amide bonds. The number of fused-ring (bicyclic) bond motifs is 1. The van der Waals surface area contributed by atoms with Gasteiger partial charge in [0.25, 0.3) is 0 Å². The second kappa shape index (κ2) is 5.93. The highest BCUT2D eigenvalue weighted by Crippen LogP contribution is 2.26. The van der Waals surface area contributed by atoms with E-state index in [0.29, 0.717) is 23.2 Å². The van der Waals surface area contributed by atoms with Crippen LogP contribution in [0.15, 0.2) is 30.6 Å². The summed E-state index contributed by atoms with van der Waals surface area (Å²) in [6.45, 7) is 3.85. The molecule has 0 aromatic carbocycles. The fourth-order valence-electron chi connectivity index (χ4n) is 2.57. The molecule has 4 rings (SSSR count). The maximum Gasteiger partial charge on any atom is 0.182 e. The Kier molecular flexibility index (Phi) is 3.60. The van der Waals surface area contributed by atoms with Crippen LogP contribution in [0.2, 0.25) is 0 Å². The lowest BCUT2D eigenvalue weighted by Gasteiger charge is -2.13. The summed E-state index contributed by atoms with van der Waals surface area (Å²) in [7, 11) is 1.85. The maximum atomic E-state index is 4.65. The lowest BCUT2D eigenvalue weighted by Crippen LogP contribution is -2.11. The molecular weight excluding hydrogens is 318 g/mol. The van der Waals surface area contributed by atoms with Crippen LogP contribution in [0.4, 0.5) is 5.82 Å². The number of pyridine rings is 1. The molecule has 25 heavy (non-hydrogen) atoms. The zero-order valence-corrected chi connectivity index (χ0v) is 14.1. The molecule has 4 aromatic heterocycles. The van der Waals surface area contributed by atoms with E-state index >= 15 is 0 Å². The van der Waals surface area contributed by atoms with Crippen molar-refractivity contribution in [1.82, 2.24) is 39.9 Å². The Bertz CT molecular complexity index is 1020. The van der Waals surface area contributed by atoms with Crippen LogP contribution in [0.25, 0.3) is 22.6 Å². The third-order valence-electron chi connectivity index (χ3n) is 3.84. The van der Waals surface area contributed by atoms with Gasteiger partial charge in [0, 0.05) is 13.2 Å². The number of aryl methyl sites for hydroxylation is 2. The zero-order chi connectivity index (χ0) is 17.4. The monoisotopic (exact) mass is 335 g/mol. The predicted octanol–water partition coefficient (Wildman–Crippen LogP) is 2.02. The number of aromatic amines is 1. The van der Waals surface area contributed by atoms with Crippen molar-refractivity contribution in [3.63, 3.8) is 0 Å². The number of rotatable bonds is 4. The van der Waals surface area contributed by atoms with E-state index in [1.807, 2.05) is 39.1 Å². The topological polar surface area (TPSA) is 110 Å². The Morgan fingerprint density at radius 1 is 1.20 bits per heavy atom. The lowest BCUT2D eigenvalue weighted by atomic mass is 10.2. The smallest absolute Gasteiger partial charge is 0.182 e. The van der Waals surface area contributed by atoms with E-state index in [4.69, 9.17) is 0 Å². The molecule has 9 nitrogen and oxygen atoms in total. The maximum absolute atomic E-state index is 4.65. The first-order valence-corrected chi connectivity index (χ1v) is 7.88. The molecule has 2 N–H and O–H groups in total. The minimum absolute atomic E-state index is 0.125. The molecule has 0 bridgehead atoms. The molecule has 9 heteroatoms. The van der Waals surface area contributed by atoms with Gasteiger partial charge in [-0.1, -0.05) is 6.07 Å².